The van der Waals surface area contributed by atoms with Crippen LogP contribution in [-0.4, -0.2) is 36.8 Å². The predicted octanol–water partition coefficient (Wildman–Crippen LogP) is 3.58. The fourth-order valence-corrected chi connectivity index (χ4v) is 1.25. The maximum absolute atomic E-state index is 11.3. The molecule has 118 valence electrons. The van der Waals surface area contributed by atoms with Crippen molar-refractivity contribution in [3.05, 3.63) is 12.2 Å². The lowest BCUT2D eigenvalue weighted by Gasteiger charge is -2.14. The van der Waals surface area contributed by atoms with Gasteiger partial charge in [0.25, 0.3) is 0 Å². The molecule has 0 aliphatic carbocycles. The highest BCUT2D eigenvalue weighted by Gasteiger charge is 2.12. The van der Waals surface area contributed by atoms with Crippen LogP contribution in [0.25, 0.3) is 0 Å². The van der Waals surface area contributed by atoms with Gasteiger partial charge < -0.3 is 10.1 Å². The van der Waals surface area contributed by atoms with Crippen LogP contribution in [0.5, 0.6) is 0 Å². The summed E-state index contributed by atoms with van der Waals surface area (Å²) in [5.74, 6) is 0. The topological polar surface area (TPSA) is 56.8 Å². The van der Waals surface area contributed by atoms with E-state index in [1.165, 1.54) is 0 Å². The summed E-state index contributed by atoms with van der Waals surface area (Å²) in [6.07, 6.45) is 2.00. The molecule has 0 aromatic carbocycles. The Morgan fingerprint density at radius 2 is 1.95 bits per heavy atom. The normalized spacial score (nSPS) is 11.2. The lowest BCUT2D eigenvalue weighted by molar-refractivity contribution is -0.297. The van der Waals surface area contributed by atoms with Gasteiger partial charge in [0.05, 0.1) is 19.8 Å². The van der Waals surface area contributed by atoms with Gasteiger partial charge in [0, 0.05) is 17.3 Å². The molecular formula is C14H26BrNO4. The van der Waals surface area contributed by atoms with Crippen molar-refractivity contribution >= 4 is 22.0 Å². The molecule has 0 fully saturated rings. The van der Waals surface area contributed by atoms with Gasteiger partial charge in [0.1, 0.15) is 0 Å². The lowest BCUT2D eigenvalue weighted by atomic mass is 10.2. The Morgan fingerprint density at radius 3 is 2.55 bits per heavy atom. The molecule has 0 aliphatic rings. The minimum Gasteiger partial charge on any atom is -0.449 e. The number of hydrogen-bond donors (Lipinski definition) is 1. The molecule has 0 aromatic rings. The lowest BCUT2D eigenvalue weighted by Crippen LogP contribution is -2.26. The summed E-state index contributed by atoms with van der Waals surface area (Å²) in [7, 11) is 0. The fourth-order valence-electron chi connectivity index (χ4n) is 1.16. The van der Waals surface area contributed by atoms with Gasteiger partial charge in [0.15, 0.2) is 0 Å². The van der Waals surface area contributed by atoms with Gasteiger partial charge in [-0.15, -0.1) is 6.58 Å². The summed E-state index contributed by atoms with van der Waals surface area (Å²) in [5, 5.41) is 2.68. The Labute approximate surface area is 130 Å². The number of ether oxygens (including phenoxy) is 1. The molecule has 0 spiro atoms. The minimum atomic E-state index is -0.394. The third kappa shape index (κ3) is 15.5. The van der Waals surface area contributed by atoms with E-state index < -0.39 is 6.09 Å². The SMILES string of the molecule is C=C(C)CCCNC(=O)OCCCOOCC(C)(C)Br. The van der Waals surface area contributed by atoms with E-state index >= 15 is 0 Å². The second kappa shape index (κ2) is 11.1. The molecule has 0 unspecified atom stereocenters. The van der Waals surface area contributed by atoms with Gasteiger partial charge >= 0.3 is 6.09 Å². The van der Waals surface area contributed by atoms with Crippen molar-refractivity contribution in [2.24, 2.45) is 0 Å². The average molecular weight is 352 g/mol. The summed E-state index contributed by atoms with van der Waals surface area (Å²) >= 11 is 3.43. The van der Waals surface area contributed by atoms with Crippen LogP contribution in [0.3, 0.4) is 0 Å². The zero-order valence-corrected chi connectivity index (χ0v) is 14.3. The van der Waals surface area contributed by atoms with E-state index in [2.05, 4.69) is 27.8 Å². The molecule has 0 atom stereocenters. The molecule has 1 N–H and O–H groups in total. The van der Waals surface area contributed by atoms with E-state index in [4.69, 9.17) is 14.5 Å². The number of rotatable bonds is 11. The number of alkyl halides is 1. The number of halogens is 1. The zero-order chi connectivity index (χ0) is 15.4. The number of hydrogen-bond acceptors (Lipinski definition) is 4. The third-order valence-electron chi connectivity index (χ3n) is 2.14. The van der Waals surface area contributed by atoms with Gasteiger partial charge in [-0.25, -0.2) is 14.6 Å². The first-order valence-electron chi connectivity index (χ1n) is 6.79. The second-order valence-electron chi connectivity index (χ2n) is 5.28. The van der Waals surface area contributed by atoms with Crippen LogP contribution in [0.2, 0.25) is 0 Å². The molecule has 5 nitrogen and oxygen atoms in total. The molecule has 0 radical (unpaired) electrons. The molecule has 6 heteroatoms. The molecule has 0 heterocycles. The van der Waals surface area contributed by atoms with Gasteiger partial charge in [-0.3, -0.25) is 0 Å². The summed E-state index contributed by atoms with van der Waals surface area (Å²) in [6.45, 7) is 11.5. The van der Waals surface area contributed by atoms with Crippen molar-refractivity contribution in [2.75, 3.05) is 26.4 Å². The van der Waals surface area contributed by atoms with E-state index in [9.17, 15) is 4.79 Å². The number of nitrogens with one attached hydrogen (secondary N) is 1. The molecule has 0 rings (SSSR count). The Kier molecular flexibility index (Phi) is 10.8. The van der Waals surface area contributed by atoms with Crippen molar-refractivity contribution < 1.29 is 19.3 Å². The Morgan fingerprint density at radius 1 is 1.25 bits per heavy atom. The molecule has 0 aliphatic heterocycles. The Bertz CT molecular complexity index is 289. The second-order valence-corrected chi connectivity index (χ2v) is 7.43. The highest BCUT2D eigenvalue weighted by Crippen LogP contribution is 2.15. The van der Waals surface area contributed by atoms with Crippen molar-refractivity contribution in [3.8, 4) is 0 Å². The summed E-state index contributed by atoms with van der Waals surface area (Å²) in [5.41, 5.74) is 1.11. The first-order chi connectivity index (χ1) is 9.31. The van der Waals surface area contributed by atoms with Crippen LogP contribution in [0.15, 0.2) is 12.2 Å². The first-order valence-corrected chi connectivity index (χ1v) is 7.59. The van der Waals surface area contributed by atoms with Crippen LogP contribution in [-0.2, 0) is 14.5 Å². The third-order valence-corrected chi connectivity index (χ3v) is 2.37. The van der Waals surface area contributed by atoms with Crippen LogP contribution >= 0.6 is 15.9 Å². The van der Waals surface area contributed by atoms with Crippen LogP contribution in [0.4, 0.5) is 4.79 Å². The number of amides is 1. The van der Waals surface area contributed by atoms with Gasteiger partial charge in [-0.2, -0.15) is 0 Å². The van der Waals surface area contributed by atoms with Crippen molar-refractivity contribution in [2.45, 2.75) is 44.4 Å². The Balaban J connectivity index is 3.29. The average Bonchev–Trinajstić information content (AvgIpc) is 2.32. The van der Waals surface area contributed by atoms with E-state index in [1.54, 1.807) is 0 Å². The molecule has 20 heavy (non-hydrogen) atoms. The molecule has 0 saturated carbocycles. The van der Waals surface area contributed by atoms with Gasteiger partial charge in [0.2, 0.25) is 0 Å². The molecular weight excluding hydrogens is 326 g/mol. The molecule has 0 bridgehead atoms. The molecule has 0 saturated heterocycles. The van der Waals surface area contributed by atoms with Crippen LogP contribution in [0.1, 0.15) is 40.0 Å². The van der Waals surface area contributed by atoms with E-state index in [1.807, 2.05) is 20.8 Å². The van der Waals surface area contributed by atoms with Crippen molar-refractivity contribution in [3.63, 3.8) is 0 Å². The summed E-state index contributed by atoms with van der Waals surface area (Å²) in [6, 6.07) is 0. The maximum Gasteiger partial charge on any atom is 0.407 e. The molecule has 1 amide bonds. The van der Waals surface area contributed by atoms with Crippen LogP contribution < -0.4 is 5.32 Å². The first kappa shape index (κ1) is 19.4. The predicted molar refractivity (Wildman–Crippen MR) is 82.9 cm³/mol. The smallest absolute Gasteiger partial charge is 0.407 e. The fraction of sp³-hybridized carbons (Fsp3) is 0.786. The molecule has 0 aromatic heterocycles. The minimum absolute atomic E-state index is 0.104. The summed E-state index contributed by atoms with van der Waals surface area (Å²) < 4.78 is 4.88. The highest BCUT2D eigenvalue weighted by molar-refractivity contribution is 9.10. The zero-order valence-electron chi connectivity index (χ0n) is 12.7. The van der Waals surface area contributed by atoms with Crippen LogP contribution in [0, 0.1) is 0 Å². The van der Waals surface area contributed by atoms with E-state index in [0.29, 0.717) is 32.8 Å². The van der Waals surface area contributed by atoms with Gasteiger partial charge in [-0.1, -0.05) is 21.5 Å². The maximum atomic E-state index is 11.3. The van der Waals surface area contributed by atoms with E-state index in [0.717, 1.165) is 18.4 Å². The van der Waals surface area contributed by atoms with Gasteiger partial charge in [-0.05, 0) is 33.6 Å². The quantitative estimate of drug-likeness (QED) is 0.203. The number of carbonyl (C=O) groups is 1. The highest BCUT2D eigenvalue weighted by atomic mass is 79.9. The number of carbonyl (C=O) groups excluding carboxylic acids is 1. The van der Waals surface area contributed by atoms with Crippen molar-refractivity contribution in [1.29, 1.82) is 0 Å². The number of allylic oxidation sites excluding steroid dienone is 1. The Hall–Kier alpha value is -0.590. The summed E-state index contributed by atoms with van der Waals surface area (Å²) in [4.78, 5) is 21.2. The monoisotopic (exact) mass is 351 g/mol. The van der Waals surface area contributed by atoms with Crippen molar-refractivity contribution in [1.82, 2.24) is 5.32 Å². The standard InChI is InChI=1S/C14H26BrNO4/c1-12(2)7-5-8-16-13(17)18-9-6-10-19-20-11-14(3,4)15/h1,5-11H2,2-4H3,(H,16,17). The number of alkyl carbamates (subject to hydrolysis) is 1. The largest absolute Gasteiger partial charge is 0.449 e. The van der Waals surface area contributed by atoms with E-state index in [-0.39, 0.29) is 4.32 Å².